The second-order valence-corrected chi connectivity index (χ2v) is 3.49. The number of aromatic nitrogens is 2. The lowest BCUT2D eigenvalue weighted by atomic mass is 10.2. The maximum absolute atomic E-state index is 12.3. The van der Waals surface area contributed by atoms with Crippen molar-refractivity contribution >= 4 is 11.6 Å². The van der Waals surface area contributed by atoms with Gasteiger partial charge < -0.3 is 10.3 Å². The summed E-state index contributed by atoms with van der Waals surface area (Å²) in [4.78, 5) is 8.74. The molecule has 0 fully saturated rings. The largest absolute Gasteiger partial charge is 0.405 e. The molecule has 5 nitrogen and oxygen atoms in total. The third kappa shape index (κ3) is 3.45. The zero-order valence-corrected chi connectivity index (χ0v) is 9.54. The van der Waals surface area contributed by atoms with E-state index in [0.717, 1.165) is 4.90 Å². The molecule has 0 aliphatic carbocycles. The standard InChI is InChI=1S/C9H14F3N5/c1-3-6-7(16-13)14-5-15-8(6)17(2)4-9(10,11)12/h5H,3-4,13H2,1-2H3,(H,14,15,16). The summed E-state index contributed by atoms with van der Waals surface area (Å²) in [6, 6.07) is 0. The highest BCUT2D eigenvalue weighted by molar-refractivity contribution is 5.58. The van der Waals surface area contributed by atoms with E-state index in [2.05, 4.69) is 15.4 Å². The first-order valence-corrected chi connectivity index (χ1v) is 4.97. The predicted molar refractivity (Wildman–Crippen MR) is 58.5 cm³/mol. The molecule has 0 unspecified atom stereocenters. The van der Waals surface area contributed by atoms with Gasteiger partial charge in [0.05, 0.1) is 0 Å². The molecule has 1 rings (SSSR count). The van der Waals surface area contributed by atoms with Crippen LogP contribution in [0.15, 0.2) is 6.33 Å². The lowest BCUT2D eigenvalue weighted by Gasteiger charge is -2.22. The third-order valence-electron chi connectivity index (χ3n) is 2.19. The molecule has 3 N–H and O–H groups in total. The molecule has 1 aromatic rings. The van der Waals surface area contributed by atoms with Gasteiger partial charge in [0, 0.05) is 12.6 Å². The number of nitrogens with one attached hydrogen (secondary N) is 1. The number of anilines is 2. The van der Waals surface area contributed by atoms with Gasteiger partial charge in [-0.15, -0.1) is 0 Å². The second-order valence-electron chi connectivity index (χ2n) is 3.49. The minimum Gasteiger partial charge on any atom is -0.350 e. The smallest absolute Gasteiger partial charge is 0.350 e. The van der Waals surface area contributed by atoms with E-state index in [1.165, 1.54) is 13.4 Å². The normalized spacial score (nSPS) is 11.4. The molecule has 0 atom stereocenters. The van der Waals surface area contributed by atoms with Crippen molar-refractivity contribution in [1.29, 1.82) is 0 Å². The maximum Gasteiger partial charge on any atom is 0.405 e. The number of hydrogen-bond acceptors (Lipinski definition) is 5. The predicted octanol–water partition coefficient (Wildman–Crippen LogP) is 1.32. The summed E-state index contributed by atoms with van der Waals surface area (Å²) in [5.41, 5.74) is 2.90. The summed E-state index contributed by atoms with van der Waals surface area (Å²) >= 11 is 0. The molecule has 96 valence electrons. The Balaban J connectivity index is 3.04. The maximum atomic E-state index is 12.3. The summed E-state index contributed by atoms with van der Waals surface area (Å²) < 4.78 is 36.9. The van der Waals surface area contributed by atoms with Crippen molar-refractivity contribution < 1.29 is 13.2 Å². The van der Waals surface area contributed by atoms with E-state index < -0.39 is 12.7 Å². The van der Waals surface area contributed by atoms with Gasteiger partial charge in [-0.3, -0.25) is 0 Å². The third-order valence-corrected chi connectivity index (χ3v) is 2.19. The molecule has 0 radical (unpaired) electrons. The van der Waals surface area contributed by atoms with Gasteiger partial charge in [-0.25, -0.2) is 15.8 Å². The Morgan fingerprint density at radius 1 is 1.41 bits per heavy atom. The van der Waals surface area contributed by atoms with E-state index >= 15 is 0 Å². The molecule has 1 aromatic heterocycles. The molecule has 17 heavy (non-hydrogen) atoms. The van der Waals surface area contributed by atoms with Crippen molar-refractivity contribution in [3.05, 3.63) is 11.9 Å². The zero-order chi connectivity index (χ0) is 13.1. The van der Waals surface area contributed by atoms with E-state index in [9.17, 15) is 13.2 Å². The van der Waals surface area contributed by atoms with Crippen LogP contribution in [0.25, 0.3) is 0 Å². The van der Waals surface area contributed by atoms with Gasteiger partial charge in [-0.1, -0.05) is 6.92 Å². The summed E-state index contributed by atoms with van der Waals surface area (Å²) in [5.74, 6) is 5.81. The Kier molecular flexibility index (Phi) is 4.11. The van der Waals surface area contributed by atoms with Gasteiger partial charge in [0.25, 0.3) is 0 Å². The Bertz CT molecular complexity index is 379. The number of nitrogens with two attached hydrogens (primary N) is 1. The van der Waals surface area contributed by atoms with Crippen LogP contribution in [0, 0.1) is 0 Å². The molecular weight excluding hydrogens is 235 g/mol. The first kappa shape index (κ1) is 13.5. The summed E-state index contributed by atoms with van der Waals surface area (Å²) in [5, 5.41) is 0. The van der Waals surface area contributed by atoms with Gasteiger partial charge in [0.2, 0.25) is 0 Å². The van der Waals surface area contributed by atoms with E-state index in [0.29, 0.717) is 17.8 Å². The van der Waals surface area contributed by atoms with Crippen molar-refractivity contribution in [2.45, 2.75) is 19.5 Å². The van der Waals surface area contributed by atoms with Crippen molar-refractivity contribution in [2.75, 3.05) is 23.9 Å². The average Bonchev–Trinajstić information content (AvgIpc) is 2.25. The summed E-state index contributed by atoms with van der Waals surface area (Å²) in [7, 11) is 1.33. The zero-order valence-electron chi connectivity index (χ0n) is 9.54. The molecule has 0 aliphatic rings. The molecule has 8 heteroatoms. The highest BCUT2D eigenvalue weighted by Gasteiger charge is 2.30. The number of nitrogen functional groups attached to an aromatic ring is 1. The van der Waals surface area contributed by atoms with Crippen molar-refractivity contribution in [3.63, 3.8) is 0 Å². The summed E-state index contributed by atoms with van der Waals surface area (Å²) in [6.45, 7) is 0.728. The number of hydrazine groups is 1. The molecule has 0 saturated carbocycles. The topological polar surface area (TPSA) is 67.1 Å². The van der Waals surface area contributed by atoms with Crippen molar-refractivity contribution in [1.82, 2.24) is 9.97 Å². The molecule has 0 bridgehead atoms. The SMILES string of the molecule is CCc1c(NN)ncnc1N(C)CC(F)(F)F. The molecular formula is C9H14F3N5. The van der Waals surface area contributed by atoms with Crippen molar-refractivity contribution in [3.8, 4) is 0 Å². The van der Waals surface area contributed by atoms with Crippen LogP contribution in [0.5, 0.6) is 0 Å². The lowest BCUT2D eigenvalue weighted by molar-refractivity contribution is -0.119. The van der Waals surface area contributed by atoms with Crippen LogP contribution in [0.4, 0.5) is 24.8 Å². The summed E-state index contributed by atoms with van der Waals surface area (Å²) in [6.07, 6.45) is -2.62. The lowest BCUT2D eigenvalue weighted by Crippen LogP contribution is -2.32. The number of rotatable bonds is 4. The molecule has 0 aromatic carbocycles. The van der Waals surface area contributed by atoms with E-state index in [4.69, 9.17) is 5.84 Å². The Hall–Kier alpha value is -1.57. The van der Waals surface area contributed by atoms with E-state index in [1.54, 1.807) is 6.92 Å². The average molecular weight is 249 g/mol. The molecule has 0 aliphatic heterocycles. The number of halogens is 3. The van der Waals surface area contributed by atoms with Gasteiger partial charge in [0.1, 0.15) is 24.5 Å². The Morgan fingerprint density at radius 3 is 2.53 bits per heavy atom. The van der Waals surface area contributed by atoms with E-state index in [-0.39, 0.29) is 5.82 Å². The quantitative estimate of drug-likeness (QED) is 0.622. The number of hydrogen-bond donors (Lipinski definition) is 2. The van der Waals surface area contributed by atoms with Crippen LogP contribution in [-0.2, 0) is 6.42 Å². The Morgan fingerprint density at radius 2 is 2.06 bits per heavy atom. The van der Waals surface area contributed by atoms with Crippen LogP contribution in [0.1, 0.15) is 12.5 Å². The van der Waals surface area contributed by atoms with Gasteiger partial charge in [0.15, 0.2) is 0 Å². The molecule has 1 heterocycles. The highest BCUT2D eigenvalue weighted by atomic mass is 19.4. The fraction of sp³-hybridized carbons (Fsp3) is 0.556. The minimum atomic E-state index is -4.28. The van der Waals surface area contributed by atoms with Crippen LogP contribution in [-0.4, -0.2) is 29.7 Å². The van der Waals surface area contributed by atoms with Gasteiger partial charge >= 0.3 is 6.18 Å². The minimum absolute atomic E-state index is 0.229. The second kappa shape index (κ2) is 5.17. The van der Waals surface area contributed by atoms with Crippen LogP contribution in [0.2, 0.25) is 0 Å². The first-order chi connectivity index (χ1) is 7.89. The van der Waals surface area contributed by atoms with Crippen molar-refractivity contribution in [2.24, 2.45) is 5.84 Å². The van der Waals surface area contributed by atoms with Crippen LogP contribution < -0.4 is 16.2 Å². The monoisotopic (exact) mass is 249 g/mol. The fourth-order valence-corrected chi connectivity index (χ4v) is 1.53. The number of alkyl halides is 3. The molecule has 0 saturated heterocycles. The van der Waals surface area contributed by atoms with Crippen LogP contribution >= 0.6 is 0 Å². The molecule has 0 amide bonds. The van der Waals surface area contributed by atoms with Gasteiger partial charge in [-0.2, -0.15) is 13.2 Å². The highest BCUT2D eigenvalue weighted by Crippen LogP contribution is 2.25. The Labute approximate surface area is 96.8 Å². The van der Waals surface area contributed by atoms with Crippen LogP contribution in [0.3, 0.4) is 0 Å². The number of nitrogens with zero attached hydrogens (tertiary/aromatic N) is 3. The fourth-order valence-electron chi connectivity index (χ4n) is 1.53. The van der Waals surface area contributed by atoms with Gasteiger partial charge in [-0.05, 0) is 6.42 Å². The molecule has 0 spiro atoms. The van der Waals surface area contributed by atoms with E-state index in [1.807, 2.05) is 0 Å². The first-order valence-electron chi connectivity index (χ1n) is 4.97.